The van der Waals surface area contributed by atoms with E-state index in [1.54, 1.807) is 24.3 Å². The van der Waals surface area contributed by atoms with E-state index in [-0.39, 0.29) is 46.9 Å². The molecule has 4 aromatic carbocycles. The molecular formula is C37H38Cl2N4O7S. The molecule has 1 saturated carbocycles. The van der Waals surface area contributed by atoms with Gasteiger partial charge >= 0.3 is 0 Å². The first-order valence-electron chi connectivity index (χ1n) is 16.4. The number of amides is 2. The number of nitrogens with zero attached hydrogens (tertiary/aromatic N) is 3. The molecule has 11 nitrogen and oxygen atoms in total. The predicted octanol–water partition coefficient (Wildman–Crippen LogP) is 7.11. The number of carbonyl (C=O) groups is 2. The fourth-order valence-corrected chi connectivity index (χ4v) is 7.88. The second-order valence-electron chi connectivity index (χ2n) is 12.4. The van der Waals surface area contributed by atoms with Crippen molar-refractivity contribution < 1.29 is 27.7 Å². The molecule has 1 fully saturated rings. The molecule has 0 aromatic heterocycles. The van der Waals surface area contributed by atoms with Gasteiger partial charge in [-0.25, -0.2) is 8.42 Å². The zero-order valence-electron chi connectivity index (χ0n) is 28.1. The van der Waals surface area contributed by atoms with Gasteiger partial charge in [0.1, 0.15) is 18.3 Å². The van der Waals surface area contributed by atoms with Crippen molar-refractivity contribution in [3.63, 3.8) is 0 Å². The number of benzene rings is 4. The molecule has 4 aromatic rings. The van der Waals surface area contributed by atoms with Crippen molar-refractivity contribution in [2.24, 2.45) is 0 Å². The molecule has 0 bridgehead atoms. The van der Waals surface area contributed by atoms with Crippen LogP contribution in [0, 0.1) is 17.0 Å². The Balaban J connectivity index is 1.63. The monoisotopic (exact) mass is 752 g/mol. The molecule has 0 unspecified atom stereocenters. The number of anilines is 1. The zero-order chi connectivity index (χ0) is 36.7. The van der Waals surface area contributed by atoms with Gasteiger partial charge in [-0.2, -0.15) is 0 Å². The third-order valence-corrected chi connectivity index (χ3v) is 11.1. The maximum absolute atomic E-state index is 14.8. The van der Waals surface area contributed by atoms with Gasteiger partial charge in [0.15, 0.2) is 0 Å². The Kier molecular flexibility index (Phi) is 12.2. The van der Waals surface area contributed by atoms with Gasteiger partial charge in [-0.05, 0) is 67.3 Å². The number of nitrogens with one attached hydrogen (secondary N) is 1. The van der Waals surface area contributed by atoms with Crippen molar-refractivity contribution in [3.05, 3.63) is 128 Å². The number of hydrogen-bond donors (Lipinski definition) is 1. The predicted molar refractivity (Wildman–Crippen MR) is 197 cm³/mol. The summed E-state index contributed by atoms with van der Waals surface area (Å²) in [6.45, 7) is 0.645. The molecular weight excluding hydrogens is 715 g/mol. The van der Waals surface area contributed by atoms with Crippen LogP contribution in [0.5, 0.6) is 5.75 Å². The Morgan fingerprint density at radius 3 is 2.25 bits per heavy atom. The maximum atomic E-state index is 14.8. The molecule has 0 heterocycles. The number of ether oxygens (including phenoxy) is 1. The lowest BCUT2D eigenvalue weighted by Crippen LogP contribution is -2.54. The van der Waals surface area contributed by atoms with E-state index in [0.717, 1.165) is 41.6 Å². The molecule has 0 spiro atoms. The SMILES string of the molecule is COc1ccc(Cl)cc1N(CC(=O)N(Cc1ccc(Cl)cc1)[C@@H](Cc1ccccc1)C(=O)NC1CCCC1)S(=O)(=O)c1ccc(C)c([N+](=O)[O-])c1. The van der Waals surface area contributed by atoms with E-state index in [1.165, 1.54) is 49.3 Å². The smallest absolute Gasteiger partial charge is 0.273 e. The molecule has 1 N–H and O–H groups in total. The number of hydrogen-bond acceptors (Lipinski definition) is 7. The summed E-state index contributed by atoms with van der Waals surface area (Å²) in [7, 11) is -3.34. The molecule has 1 atom stereocenters. The summed E-state index contributed by atoms with van der Waals surface area (Å²) < 4.78 is 35.4. The second kappa shape index (κ2) is 16.6. The molecule has 14 heteroatoms. The van der Waals surface area contributed by atoms with Crippen LogP contribution in [-0.4, -0.2) is 55.8 Å². The van der Waals surface area contributed by atoms with E-state index < -0.39 is 44.0 Å². The minimum absolute atomic E-state index is 0.0480. The fraction of sp³-hybridized carbons (Fsp3) is 0.297. The van der Waals surface area contributed by atoms with Gasteiger partial charge in [-0.1, -0.05) is 84.6 Å². The Hall–Kier alpha value is -4.65. The first-order valence-corrected chi connectivity index (χ1v) is 18.6. The van der Waals surface area contributed by atoms with E-state index in [2.05, 4.69) is 5.32 Å². The van der Waals surface area contributed by atoms with E-state index in [0.29, 0.717) is 10.6 Å². The van der Waals surface area contributed by atoms with Gasteiger partial charge < -0.3 is 15.0 Å². The van der Waals surface area contributed by atoms with Crippen LogP contribution in [0.2, 0.25) is 10.0 Å². The number of sulfonamides is 1. The number of methoxy groups -OCH3 is 1. The third-order valence-electron chi connectivity index (χ3n) is 8.89. The quantitative estimate of drug-likeness (QED) is 0.107. The van der Waals surface area contributed by atoms with Crippen LogP contribution in [0.1, 0.15) is 42.4 Å². The Labute approximate surface area is 307 Å². The summed E-state index contributed by atoms with van der Waals surface area (Å²) in [6.07, 6.45) is 3.74. The highest BCUT2D eigenvalue weighted by Crippen LogP contribution is 2.36. The number of halogens is 2. The highest BCUT2D eigenvalue weighted by Gasteiger charge is 2.37. The average molecular weight is 754 g/mol. The van der Waals surface area contributed by atoms with Crippen LogP contribution in [0.3, 0.4) is 0 Å². The van der Waals surface area contributed by atoms with Crippen LogP contribution in [0.15, 0.2) is 95.9 Å². The lowest BCUT2D eigenvalue weighted by molar-refractivity contribution is -0.385. The summed E-state index contributed by atoms with van der Waals surface area (Å²) in [6, 6.07) is 22.8. The molecule has 5 rings (SSSR count). The molecule has 0 saturated heterocycles. The zero-order valence-corrected chi connectivity index (χ0v) is 30.5. The van der Waals surface area contributed by atoms with Gasteiger partial charge in [0.2, 0.25) is 11.8 Å². The first-order chi connectivity index (χ1) is 24.4. The Morgan fingerprint density at radius 2 is 1.61 bits per heavy atom. The maximum Gasteiger partial charge on any atom is 0.273 e. The van der Waals surface area contributed by atoms with Crippen LogP contribution in [-0.2, 0) is 32.6 Å². The van der Waals surface area contributed by atoms with Crippen molar-refractivity contribution >= 4 is 56.4 Å². The Morgan fingerprint density at radius 1 is 0.941 bits per heavy atom. The molecule has 0 aliphatic heterocycles. The van der Waals surface area contributed by atoms with Gasteiger partial charge in [0.25, 0.3) is 15.7 Å². The van der Waals surface area contributed by atoms with Crippen molar-refractivity contribution in [1.29, 1.82) is 0 Å². The van der Waals surface area contributed by atoms with Crippen molar-refractivity contribution in [2.45, 2.75) is 62.6 Å². The average Bonchev–Trinajstić information content (AvgIpc) is 3.62. The van der Waals surface area contributed by atoms with E-state index >= 15 is 0 Å². The van der Waals surface area contributed by atoms with Crippen LogP contribution >= 0.6 is 23.2 Å². The van der Waals surface area contributed by atoms with Crippen LogP contribution in [0.25, 0.3) is 0 Å². The normalized spacial score (nSPS) is 13.7. The highest BCUT2D eigenvalue weighted by atomic mass is 35.5. The van der Waals surface area contributed by atoms with Crippen molar-refractivity contribution in [2.75, 3.05) is 18.0 Å². The van der Waals surface area contributed by atoms with Gasteiger partial charge in [0.05, 0.1) is 22.6 Å². The molecule has 268 valence electrons. The van der Waals surface area contributed by atoms with Crippen LogP contribution in [0.4, 0.5) is 11.4 Å². The highest BCUT2D eigenvalue weighted by molar-refractivity contribution is 7.92. The number of carbonyl (C=O) groups excluding carboxylic acids is 2. The van der Waals surface area contributed by atoms with Gasteiger partial charge in [-0.15, -0.1) is 0 Å². The standard InChI is InChI=1S/C37H38Cl2N4O7S/c1-25-12-18-31(22-32(25)43(46)47)51(48,49)42(33-21-29(39)17-19-35(33)50-2)24-36(44)41(23-27-13-15-28(38)16-14-27)34(20-26-8-4-3-5-9-26)37(45)40-30-10-6-7-11-30/h3-5,8-9,12-19,21-22,30,34H,6-7,10-11,20,23-24H2,1-2H3,(H,40,45)/t34-/m0/s1. The third kappa shape index (κ3) is 9.18. The number of rotatable bonds is 14. The molecule has 1 aliphatic rings. The summed E-state index contributed by atoms with van der Waals surface area (Å²) in [5.74, 6) is -0.988. The summed E-state index contributed by atoms with van der Waals surface area (Å²) in [5.41, 5.74) is 1.24. The molecule has 1 aliphatic carbocycles. The van der Waals surface area contributed by atoms with Gasteiger partial charge in [0, 0.05) is 40.7 Å². The molecule has 51 heavy (non-hydrogen) atoms. The van der Waals surface area contributed by atoms with E-state index in [1.807, 2.05) is 30.3 Å². The lowest BCUT2D eigenvalue weighted by atomic mass is 10.0. The second-order valence-corrected chi connectivity index (χ2v) is 15.1. The van der Waals surface area contributed by atoms with Crippen LogP contribution < -0.4 is 14.4 Å². The molecule has 2 amide bonds. The van der Waals surface area contributed by atoms with E-state index in [4.69, 9.17) is 27.9 Å². The number of nitro benzene ring substituents is 1. The Bertz CT molecular complexity index is 1990. The summed E-state index contributed by atoms with van der Waals surface area (Å²) in [5, 5.41) is 15.6. The minimum atomic E-state index is -4.68. The summed E-state index contributed by atoms with van der Waals surface area (Å²) >= 11 is 12.5. The molecule has 0 radical (unpaired) electrons. The largest absolute Gasteiger partial charge is 0.495 e. The topological polar surface area (TPSA) is 139 Å². The van der Waals surface area contributed by atoms with E-state index in [9.17, 15) is 28.1 Å². The fourth-order valence-electron chi connectivity index (χ4n) is 6.15. The van der Waals surface area contributed by atoms with Crippen molar-refractivity contribution in [1.82, 2.24) is 10.2 Å². The first kappa shape index (κ1) is 37.6. The summed E-state index contributed by atoms with van der Waals surface area (Å²) in [4.78, 5) is 41.1. The van der Waals surface area contributed by atoms with Crippen molar-refractivity contribution in [3.8, 4) is 5.75 Å². The number of nitro groups is 1. The van der Waals surface area contributed by atoms with Gasteiger partial charge in [-0.3, -0.25) is 24.0 Å². The minimum Gasteiger partial charge on any atom is -0.495 e. The lowest BCUT2D eigenvalue weighted by Gasteiger charge is -2.34. The number of aryl methyl sites for hydroxylation is 1.